The summed E-state index contributed by atoms with van der Waals surface area (Å²) >= 11 is 1.36. The van der Waals surface area contributed by atoms with Gasteiger partial charge in [-0.05, 0) is 73.3 Å². The van der Waals surface area contributed by atoms with Crippen LogP contribution in [0.25, 0.3) is 0 Å². The summed E-state index contributed by atoms with van der Waals surface area (Å²) in [7, 11) is 0. The Morgan fingerprint density at radius 1 is 1.18 bits per heavy atom. The number of aliphatic hydroxyl groups is 1. The van der Waals surface area contributed by atoms with Crippen LogP contribution in [0.3, 0.4) is 0 Å². The maximum Gasteiger partial charge on any atom is 0.348 e. The Morgan fingerprint density at radius 3 is 2.68 bits per heavy atom. The third-order valence-corrected chi connectivity index (χ3v) is 10.6. The molecule has 5 fully saturated rings. The highest BCUT2D eigenvalue weighted by atomic mass is 32.1. The minimum absolute atomic E-state index is 0.0181. The maximum atomic E-state index is 13.6. The number of carbonyl (C=O) groups is 3. The smallest absolute Gasteiger partial charge is 0.348 e. The van der Waals surface area contributed by atoms with Crippen molar-refractivity contribution < 1.29 is 29.0 Å². The second-order valence-corrected chi connectivity index (χ2v) is 12.2. The quantitative estimate of drug-likeness (QED) is 0.485. The molecule has 0 amide bonds. The number of aliphatic hydroxyl groups excluding tert-OH is 1. The molecule has 0 saturated heterocycles. The highest BCUT2D eigenvalue weighted by Crippen LogP contribution is 2.71. The van der Waals surface area contributed by atoms with E-state index in [0.29, 0.717) is 23.3 Å². The number of thiophene rings is 1. The number of allylic oxidation sites excluding steroid dienone is 1. The van der Waals surface area contributed by atoms with Gasteiger partial charge in [0.2, 0.25) is 0 Å². The molecule has 5 aliphatic rings. The summed E-state index contributed by atoms with van der Waals surface area (Å²) in [5.74, 6) is -0.619. The van der Waals surface area contributed by atoms with E-state index in [-0.39, 0.29) is 54.1 Å². The Bertz CT molecular complexity index is 1020. The highest BCUT2D eigenvalue weighted by molar-refractivity contribution is 7.11. The number of fused-ring (bicyclic) bond motifs is 3. The number of ether oxygens (including phenoxy) is 2. The predicted molar refractivity (Wildman–Crippen MR) is 127 cm³/mol. The van der Waals surface area contributed by atoms with Crippen LogP contribution in [0.5, 0.6) is 0 Å². The first-order valence-corrected chi connectivity index (χ1v) is 13.3. The molecule has 2 unspecified atom stereocenters. The molecule has 2 bridgehead atoms. The SMILES string of the molecule is C=C1C(=O)[C@]23CC[C@H]1CC2[C@]1(COC(C)=O)CCC[C@@](C)(COC(=O)c2cccs2)C1C[C@H]3O. The van der Waals surface area contributed by atoms with E-state index in [4.69, 9.17) is 9.47 Å². The number of carbonyl (C=O) groups excluding carboxylic acids is 3. The minimum atomic E-state index is -0.839. The van der Waals surface area contributed by atoms with Crippen molar-refractivity contribution in [1.82, 2.24) is 0 Å². The molecule has 7 heteroatoms. The molecule has 6 rings (SSSR count). The number of ketones is 1. The monoisotopic (exact) mass is 486 g/mol. The molecule has 0 radical (unpaired) electrons. The first kappa shape index (κ1) is 23.7. The van der Waals surface area contributed by atoms with Crippen LogP contribution in [0.1, 0.15) is 68.5 Å². The van der Waals surface area contributed by atoms with E-state index < -0.39 is 16.9 Å². The molecule has 1 N–H and O–H groups in total. The van der Waals surface area contributed by atoms with E-state index in [2.05, 4.69) is 13.5 Å². The Labute approximate surface area is 204 Å². The second-order valence-electron chi connectivity index (χ2n) is 11.3. The van der Waals surface area contributed by atoms with E-state index in [1.54, 1.807) is 6.07 Å². The molecule has 5 aliphatic carbocycles. The molecule has 184 valence electrons. The van der Waals surface area contributed by atoms with Crippen LogP contribution >= 0.6 is 11.3 Å². The van der Waals surface area contributed by atoms with Gasteiger partial charge in [-0.1, -0.05) is 26.0 Å². The van der Waals surface area contributed by atoms with Gasteiger partial charge in [0.15, 0.2) is 5.78 Å². The molecule has 34 heavy (non-hydrogen) atoms. The Kier molecular flexibility index (Phi) is 5.79. The highest BCUT2D eigenvalue weighted by Gasteiger charge is 2.71. The van der Waals surface area contributed by atoms with Gasteiger partial charge in [0.1, 0.15) is 4.88 Å². The van der Waals surface area contributed by atoms with Crippen molar-refractivity contribution in [3.05, 3.63) is 34.5 Å². The van der Waals surface area contributed by atoms with Crippen molar-refractivity contribution in [1.29, 1.82) is 0 Å². The van der Waals surface area contributed by atoms with Gasteiger partial charge >= 0.3 is 11.9 Å². The molecule has 7 atom stereocenters. The summed E-state index contributed by atoms with van der Waals surface area (Å²) in [6, 6.07) is 3.58. The molecule has 1 aromatic rings. The summed E-state index contributed by atoms with van der Waals surface area (Å²) in [5, 5.41) is 13.4. The first-order valence-electron chi connectivity index (χ1n) is 12.4. The fourth-order valence-electron chi connectivity index (χ4n) is 8.18. The third-order valence-electron chi connectivity index (χ3n) is 9.73. The van der Waals surface area contributed by atoms with Crippen LogP contribution in [-0.4, -0.2) is 42.1 Å². The van der Waals surface area contributed by atoms with Crippen LogP contribution in [-0.2, 0) is 19.1 Å². The van der Waals surface area contributed by atoms with Crippen molar-refractivity contribution in [2.45, 2.75) is 64.9 Å². The fourth-order valence-corrected chi connectivity index (χ4v) is 8.80. The molecule has 5 saturated carbocycles. The number of hydrogen-bond acceptors (Lipinski definition) is 7. The normalized spacial score (nSPS) is 40.9. The predicted octanol–water partition coefficient (Wildman–Crippen LogP) is 4.57. The zero-order valence-corrected chi connectivity index (χ0v) is 20.8. The standard InChI is InChI=1S/C27H34O6S/c1-16-18-7-10-27(23(16)30)21(12-18)26(15-32-17(2)28)9-5-8-25(3,20(26)13-22(27)29)14-33-24(31)19-6-4-11-34-19/h4,6,11,18,20-22,29H,1,5,7-10,12-15H2,2-3H3/t18-,20?,21?,22+,25-,26-,27+/m0/s1. The number of rotatable bonds is 5. The Hall–Kier alpha value is -1.99. The van der Waals surface area contributed by atoms with Gasteiger partial charge in [-0.3, -0.25) is 9.59 Å². The van der Waals surface area contributed by atoms with Crippen LogP contribution in [0, 0.1) is 34.0 Å². The van der Waals surface area contributed by atoms with E-state index in [9.17, 15) is 19.5 Å². The van der Waals surface area contributed by atoms with Crippen LogP contribution in [0.4, 0.5) is 0 Å². The molecule has 0 aromatic carbocycles. The van der Waals surface area contributed by atoms with Gasteiger partial charge in [0.05, 0.1) is 24.7 Å². The van der Waals surface area contributed by atoms with Crippen molar-refractivity contribution >= 4 is 29.1 Å². The fraction of sp³-hybridized carbons (Fsp3) is 0.667. The van der Waals surface area contributed by atoms with Gasteiger partial charge < -0.3 is 14.6 Å². The summed E-state index contributed by atoms with van der Waals surface area (Å²) in [4.78, 5) is 38.7. The van der Waals surface area contributed by atoms with Crippen molar-refractivity contribution in [3.8, 4) is 0 Å². The molecular formula is C27H34O6S. The number of Topliss-reactive ketones (excluding diaryl/α,β-unsaturated/α-hetero) is 1. The van der Waals surface area contributed by atoms with E-state index >= 15 is 0 Å². The van der Waals surface area contributed by atoms with Gasteiger partial charge in [-0.2, -0.15) is 0 Å². The summed E-state index contributed by atoms with van der Waals surface area (Å²) < 4.78 is 11.5. The third kappa shape index (κ3) is 3.34. The molecular weight excluding hydrogens is 452 g/mol. The average molecular weight is 487 g/mol. The second kappa shape index (κ2) is 8.30. The molecule has 0 aliphatic heterocycles. The van der Waals surface area contributed by atoms with Crippen molar-refractivity contribution in [3.63, 3.8) is 0 Å². The summed E-state index contributed by atoms with van der Waals surface area (Å²) in [6.45, 7) is 8.14. The minimum Gasteiger partial charge on any atom is -0.465 e. The number of esters is 2. The largest absolute Gasteiger partial charge is 0.465 e. The van der Waals surface area contributed by atoms with Crippen LogP contribution in [0.2, 0.25) is 0 Å². The lowest BCUT2D eigenvalue weighted by atomic mass is 9.35. The van der Waals surface area contributed by atoms with E-state index in [1.807, 2.05) is 11.4 Å². The maximum absolute atomic E-state index is 13.6. The zero-order chi connectivity index (χ0) is 24.3. The van der Waals surface area contributed by atoms with Crippen LogP contribution in [0.15, 0.2) is 29.7 Å². The molecule has 1 spiro atoms. The summed E-state index contributed by atoms with van der Waals surface area (Å²) in [6.07, 6.45) is 4.59. The van der Waals surface area contributed by atoms with Crippen molar-refractivity contribution in [2.75, 3.05) is 13.2 Å². The Balaban J connectivity index is 1.51. The molecule has 1 heterocycles. The van der Waals surface area contributed by atoms with E-state index in [0.717, 1.165) is 32.1 Å². The van der Waals surface area contributed by atoms with Gasteiger partial charge in [-0.15, -0.1) is 11.3 Å². The zero-order valence-electron chi connectivity index (χ0n) is 20.0. The molecule has 1 aromatic heterocycles. The first-order chi connectivity index (χ1) is 16.1. The Morgan fingerprint density at radius 2 is 1.97 bits per heavy atom. The average Bonchev–Trinajstić information content (AvgIpc) is 3.36. The van der Waals surface area contributed by atoms with Gasteiger partial charge in [0, 0.05) is 17.8 Å². The lowest BCUT2D eigenvalue weighted by molar-refractivity contribution is -0.236. The topological polar surface area (TPSA) is 89.9 Å². The van der Waals surface area contributed by atoms with Crippen LogP contribution < -0.4 is 0 Å². The van der Waals surface area contributed by atoms with Crippen molar-refractivity contribution in [2.24, 2.45) is 34.0 Å². The lowest BCUT2D eigenvalue weighted by Gasteiger charge is -2.68. The number of hydrogen-bond donors (Lipinski definition) is 1. The summed E-state index contributed by atoms with van der Waals surface area (Å²) in [5.41, 5.74) is -0.993. The van der Waals surface area contributed by atoms with Gasteiger partial charge in [-0.25, -0.2) is 4.79 Å². The molecule has 6 nitrogen and oxygen atoms in total. The van der Waals surface area contributed by atoms with Gasteiger partial charge in [0.25, 0.3) is 0 Å². The van der Waals surface area contributed by atoms with E-state index in [1.165, 1.54) is 18.3 Å². The lowest BCUT2D eigenvalue weighted by Crippen LogP contribution is -2.70.